The van der Waals surface area contributed by atoms with Crippen LogP contribution in [0.5, 0.6) is 0 Å². The van der Waals surface area contributed by atoms with Gasteiger partial charge in [0.15, 0.2) is 0 Å². The molecule has 0 N–H and O–H groups in total. The average Bonchev–Trinajstić information content (AvgIpc) is 1.84. The van der Waals surface area contributed by atoms with E-state index in [4.69, 9.17) is 0 Å². The van der Waals surface area contributed by atoms with Gasteiger partial charge in [-0.2, -0.15) is 0 Å². The van der Waals surface area contributed by atoms with Crippen molar-refractivity contribution in [3.05, 3.63) is 0 Å². The Morgan fingerprint density at radius 2 is 1.90 bits per heavy atom. The van der Waals surface area contributed by atoms with E-state index in [1.54, 1.807) is 19.0 Å². The summed E-state index contributed by atoms with van der Waals surface area (Å²) in [5.41, 5.74) is 0. The lowest BCUT2D eigenvalue weighted by Gasteiger charge is -2.14. The SMILES string of the molecule is CCC(C)C(=O)N(C)C.Cl. The molecule has 0 aromatic rings. The van der Waals surface area contributed by atoms with Gasteiger partial charge in [-0.3, -0.25) is 4.79 Å². The predicted molar refractivity (Wildman–Crippen MR) is 45.4 cm³/mol. The lowest BCUT2D eigenvalue weighted by molar-refractivity contribution is -0.132. The van der Waals surface area contributed by atoms with Crippen LogP contribution in [0.15, 0.2) is 0 Å². The van der Waals surface area contributed by atoms with E-state index in [0.717, 1.165) is 6.42 Å². The summed E-state index contributed by atoms with van der Waals surface area (Å²) in [5, 5.41) is 0. The number of nitrogens with zero attached hydrogens (tertiary/aromatic N) is 1. The van der Waals surface area contributed by atoms with Gasteiger partial charge in [0.05, 0.1) is 0 Å². The summed E-state index contributed by atoms with van der Waals surface area (Å²) in [6.45, 7) is 3.97. The van der Waals surface area contributed by atoms with Crippen molar-refractivity contribution in [2.45, 2.75) is 20.3 Å². The molecule has 62 valence electrons. The topological polar surface area (TPSA) is 20.3 Å². The second-order valence-electron chi connectivity index (χ2n) is 2.54. The maximum atomic E-state index is 11.0. The highest BCUT2D eigenvalue weighted by Crippen LogP contribution is 2.02. The molecular weight excluding hydrogens is 150 g/mol. The largest absolute Gasteiger partial charge is 0.349 e. The number of rotatable bonds is 2. The first-order valence-corrected chi connectivity index (χ1v) is 3.30. The minimum Gasteiger partial charge on any atom is -0.349 e. The third-order valence-corrected chi connectivity index (χ3v) is 1.47. The molecule has 2 nitrogen and oxygen atoms in total. The van der Waals surface area contributed by atoms with Gasteiger partial charge in [-0.15, -0.1) is 12.4 Å². The first-order valence-electron chi connectivity index (χ1n) is 3.30. The van der Waals surface area contributed by atoms with Crippen molar-refractivity contribution in [2.75, 3.05) is 14.1 Å². The van der Waals surface area contributed by atoms with Crippen molar-refractivity contribution in [1.82, 2.24) is 4.90 Å². The van der Waals surface area contributed by atoms with Gasteiger partial charge in [-0.25, -0.2) is 0 Å². The molecule has 0 fully saturated rings. The van der Waals surface area contributed by atoms with Crippen LogP contribution >= 0.6 is 12.4 Å². The number of hydrogen-bond acceptors (Lipinski definition) is 1. The lowest BCUT2D eigenvalue weighted by Crippen LogP contribution is -2.27. The normalized spacial score (nSPS) is 11.6. The molecule has 0 rings (SSSR count). The number of amides is 1. The summed E-state index contributed by atoms with van der Waals surface area (Å²) < 4.78 is 0. The Hall–Kier alpha value is -0.240. The van der Waals surface area contributed by atoms with Crippen molar-refractivity contribution in [1.29, 1.82) is 0 Å². The predicted octanol–water partition coefficient (Wildman–Crippen LogP) is 1.54. The van der Waals surface area contributed by atoms with Crippen molar-refractivity contribution in [3.8, 4) is 0 Å². The highest BCUT2D eigenvalue weighted by molar-refractivity contribution is 5.85. The third-order valence-electron chi connectivity index (χ3n) is 1.47. The Balaban J connectivity index is 0. The molecule has 1 amide bonds. The fraction of sp³-hybridized carbons (Fsp3) is 0.857. The van der Waals surface area contributed by atoms with E-state index in [1.807, 2.05) is 13.8 Å². The van der Waals surface area contributed by atoms with Crippen molar-refractivity contribution in [3.63, 3.8) is 0 Å². The van der Waals surface area contributed by atoms with Gasteiger partial charge in [0.25, 0.3) is 0 Å². The standard InChI is InChI=1S/C7H15NO.ClH/c1-5-6(2)7(9)8(3)4;/h6H,5H2,1-4H3;1H. The summed E-state index contributed by atoms with van der Waals surface area (Å²) in [6, 6.07) is 0. The first kappa shape index (κ1) is 12.4. The number of hydrogen-bond donors (Lipinski definition) is 0. The molecule has 10 heavy (non-hydrogen) atoms. The van der Waals surface area contributed by atoms with Gasteiger partial charge < -0.3 is 4.90 Å². The minimum absolute atomic E-state index is 0. The molecule has 0 saturated heterocycles. The molecule has 0 aromatic heterocycles. The molecule has 0 aliphatic heterocycles. The molecule has 3 heteroatoms. The van der Waals surface area contributed by atoms with Crippen LogP contribution in [0.25, 0.3) is 0 Å². The fourth-order valence-electron chi connectivity index (χ4n) is 0.615. The molecule has 0 aliphatic carbocycles. The molecule has 0 saturated carbocycles. The molecule has 1 unspecified atom stereocenters. The zero-order chi connectivity index (χ0) is 7.44. The van der Waals surface area contributed by atoms with Crippen LogP contribution in [0.2, 0.25) is 0 Å². The van der Waals surface area contributed by atoms with Crippen LogP contribution in [-0.2, 0) is 4.79 Å². The molecule has 0 spiro atoms. The molecule has 0 aromatic carbocycles. The molecule has 0 radical (unpaired) electrons. The van der Waals surface area contributed by atoms with Crippen LogP contribution in [0.1, 0.15) is 20.3 Å². The lowest BCUT2D eigenvalue weighted by atomic mass is 10.1. The van der Waals surface area contributed by atoms with Gasteiger partial charge in [-0.1, -0.05) is 13.8 Å². The Labute approximate surface area is 69.0 Å². The number of carbonyl (C=O) groups excluding carboxylic acids is 1. The highest BCUT2D eigenvalue weighted by Gasteiger charge is 2.10. The van der Waals surface area contributed by atoms with Crippen molar-refractivity contribution >= 4 is 18.3 Å². The van der Waals surface area contributed by atoms with E-state index in [9.17, 15) is 4.79 Å². The second-order valence-corrected chi connectivity index (χ2v) is 2.54. The van der Waals surface area contributed by atoms with E-state index in [-0.39, 0.29) is 24.2 Å². The van der Waals surface area contributed by atoms with Crippen molar-refractivity contribution < 1.29 is 4.79 Å². The van der Waals surface area contributed by atoms with E-state index in [1.165, 1.54) is 0 Å². The van der Waals surface area contributed by atoms with Gasteiger partial charge in [0.2, 0.25) is 5.91 Å². The Bertz CT molecular complexity index is 104. The maximum Gasteiger partial charge on any atom is 0.224 e. The molecule has 1 atom stereocenters. The summed E-state index contributed by atoms with van der Waals surface area (Å²) in [6.07, 6.45) is 0.928. The van der Waals surface area contributed by atoms with E-state index in [2.05, 4.69) is 0 Å². The summed E-state index contributed by atoms with van der Waals surface area (Å²) >= 11 is 0. The Morgan fingerprint density at radius 3 is 2.00 bits per heavy atom. The Kier molecular flexibility index (Phi) is 6.89. The fourth-order valence-corrected chi connectivity index (χ4v) is 0.615. The molecular formula is C7H16ClNO. The second kappa shape index (κ2) is 5.54. The van der Waals surface area contributed by atoms with Crippen LogP contribution in [0.3, 0.4) is 0 Å². The monoisotopic (exact) mass is 165 g/mol. The van der Waals surface area contributed by atoms with Crippen LogP contribution < -0.4 is 0 Å². The molecule has 0 bridgehead atoms. The summed E-state index contributed by atoms with van der Waals surface area (Å²) in [5.74, 6) is 0.400. The van der Waals surface area contributed by atoms with Gasteiger partial charge >= 0.3 is 0 Å². The van der Waals surface area contributed by atoms with Crippen LogP contribution in [0.4, 0.5) is 0 Å². The molecule has 0 aliphatic rings. The van der Waals surface area contributed by atoms with Gasteiger partial charge in [0.1, 0.15) is 0 Å². The summed E-state index contributed by atoms with van der Waals surface area (Å²) in [7, 11) is 3.57. The van der Waals surface area contributed by atoms with Crippen molar-refractivity contribution in [2.24, 2.45) is 5.92 Å². The Morgan fingerprint density at radius 1 is 1.50 bits per heavy atom. The van der Waals surface area contributed by atoms with Crippen LogP contribution in [-0.4, -0.2) is 24.9 Å². The summed E-state index contributed by atoms with van der Waals surface area (Å²) in [4.78, 5) is 12.6. The highest BCUT2D eigenvalue weighted by atomic mass is 35.5. The zero-order valence-corrected chi connectivity index (χ0v) is 7.86. The quantitative estimate of drug-likeness (QED) is 0.608. The number of halogens is 1. The van der Waals surface area contributed by atoms with E-state index < -0.39 is 0 Å². The van der Waals surface area contributed by atoms with Gasteiger partial charge in [0, 0.05) is 20.0 Å². The maximum absolute atomic E-state index is 11.0. The smallest absolute Gasteiger partial charge is 0.224 e. The van der Waals surface area contributed by atoms with Crippen LogP contribution in [0, 0.1) is 5.92 Å². The first-order chi connectivity index (χ1) is 4.09. The van der Waals surface area contributed by atoms with Gasteiger partial charge in [-0.05, 0) is 6.42 Å². The number of carbonyl (C=O) groups is 1. The third kappa shape index (κ3) is 3.72. The average molecular weight is 166 g/mol. The molecule has 0 heterocycles. The van der Waals surface area contributed by atoms with E-state index in [0.29, 0.717) is 0 Å². The minimum atomic E-state index is 0. The zero-order valence-electron chi connectivity index (χ0n) is 7.05. The van der Waals surface area contributed by atoms with E-state index >= 15 is 0 Å².